The highest BCUT2D eigenvalue weighted by Crippen LogP contribution is 2.22. The fraction of sp³-hybridized carbons (Fsp3) is 0.0909. The van der Waals surface area contributed by atoms with Crippen molar-refractivity contribution in [1.82, 2.24) is 10.2 Å². The summed E-state index contributed by atoms with van der Waals surface area (Å²) < 4.78 is 18.3. The summed E-state index contributed by atoms with van der Waals surface area (Å²) in [6.45, 7) is 0. The van der Waals surface area contributed by atoms with Gasteiger partial charge in [-0.2, -0.15) is 9.49 Å². The summed E-state index contributed by atoms with van der Waals surface area (Å²) in [4.78, 5) is 0. The quantitative estimate of drug-likeness (QED) is 0.752. The van der Waals surface area contributed by atoms with Crippen molar-refractivity contribution in [2.75, 3.05) is 7.11 Å². The van der Waals surface area contributed by atoms with Gasteiger partial charge in [-0.15, -0.1) is 5.10 Å². The molecule has 1 aromatic carbocycles. The molecule has 0 aliphatic carbocycles. The Morgan fingerprint density at radius 2 is 1.87 bits per heavy atom. The third kappa shape index (κ3) is 1.93. The van der Waals surface area contributed by atoms with Crippen LogP contribution in [0, 0.1) is 5.95 Å². The number of aromatic nitrogens is 2. The maximum Gasteiger partial charge on any atom is 0.241 e. The molecule has 0 spiro atoms. The van der Waals surface area contributed by atoms with E-state index in [9.17, 15) is 4.39 Å². The van der Waals surface area contributed by atoms with Gasteiger partial charge in [0.15, 0.2) is 0 Å². The number of nitrogens with zero attached hydrogens (tertiary/aromatic N) is 2. The Kier molecular flexibility index (Phi) is 2.58. The minimum atomic E-state index is -0.567. The predicted molar refractivity (Wildman–Crippen MR) is 54.0 cm³/mol. The van der Waals surface area contributed by atoms with Crippen molar-refractivity contribution in [1.29, 1.82) is 0 Å². The highest BCUT2D eigenvalue weighted by molar-refractivity contribution is 5.63. The minimum absolute atomic E-state index is 0.438. The van der Waals surface area contributed by atoms with E-state index >= 15 is 0 Å². The molecule has 1 aromatic heterocycles. The lowest BCUT2D eigenvalue weighted by atomic mass is 10.1. The SMILES string of the molecule is COc1ccc(-c2ccnnc2F)cc1. The Morgan fingerprint density at radius 3 is 2.47 bits per heavy atom. The molecule has 2 aromatic rings. The van der Waals surface area contributed by atoms with Crippen molar-refractivity contribution in [3.05, 3.63) is 42.5 Å². The maximum absolute atomic E-state index is 13.3. The van der Waals surface area contributed by atoms with Crippen LogP contribution in [-0.2, 0) is 0 Å². The molecule has 0 N–H and O–H groups in total. The van der Waals surface area contributed by atoms with E-state index in [2.05, 4.69) is 10.2 Å². The molecule has 0 radical (unpaired) electrons. The fourth-order valence-corrected chi connectivity index (χ4v) is 1.30. The van der Waals surface area contributed by atoms with Crippen LogP contribution in [0.15, 0.2) is 36.5 Å². The van der Waals surface area contributed by atoms with Gasteiger partial charge in [0.05, 0.1) is 13.3 Å². The van der Waals surface area contributed by atoms with Gasteiger partial charge in [0.25, 0.3) is 0 Å². The zero-order valence-corrected chi connectivity index (χ0v) is 8.14. The molecule has 4 heteroatoms. The second-order valence-electron chi connectivity index (χ2n) is 2.96. The fourth-order valence-electron chi connectivity index (χ4n) is 1.30. The largest absolute Gasteiger partial charge is 0.497 e. The van der Waals surface area contributed by atoms with Gasteiger partial charge in [-0.25, -0.2) is 0 Å². The molecule has 2 rings (SSSR count). The van der Waals surface area contributed by atoms with Crippen molar-refractivity contribution in [2.45, 2.75) is 0 Å². The number of hydrogen-bond donors (Lipinski definition) is 0. The number of methoxy groups -OCH3 is 1. The summed E-state index contributed by atoms with van der Waals surface area (Å²) in [5, 5.41) is 6.80. The lowest BCUT2D eigenvalue weighted by molar-refractivity contribution is 0.415. The van der Waals surface area contributed by atoms with Crippen LogP contribution in [0.25, 0.3) is 11.1 Å². The zero-order valence-electron chi connectivity index (χ0n) is 8.14. The maximum atomic E-state index is 13.3. The summed E-state index contributed by atoms with van der Waals surface area (Å²) >= 11 is 0. The number of rotatable bonds is 2. The standard InChI is InChI=1S/C11H9FN2O/c1-15-9-4-2-8(3-5-9)10-6-7-13-14-11(10)12/h2-7H,1H3. The summed E-state index contributed by atoms with van der Waals surface area (Å²) in [7, 11) is 1.59. The molecule has 0 fully saturated rings. The molecule has 0 unspecified atom stereocenters. The Morgan fingerprint density at radius 1 is 1.13 bits per heavy atom. The van der Waals surface area contributed by atoms with Gasteiger partial charge in [-0.3, -0.25) is 0 Å². The van der Waals surface area contributed by atoms with Gasteiger partial charge in [0.2, 0.25) is 5.95 Å². The van der Waals surface area contributed by atoms with Gasteiger partial charge in [0, 0.05) is 5.56 Å². The molecule has 0 saturated carbocycles. The predicted octanol–water partition coefficient (Wildman–Crippen LogP) is 2.29. The highest BCUT2D eigenvalue weighted by Gasteiger charge is 2.05. The average molecular weight is 204 g/mol. The summed E-state index contributed by atoms with van der Waals surface area (Å²) in [6.07, 6.45) is 1.46. The van der Waals surface area contributed by atoms with E-state index in [1.54, 1.807) is 37.4 Å². The van der Waals surface area contributed by atoms with Crippen LogP contribution in [0.2, 0.25) is 0 Å². The van der Waals surface area contributed by atoms with E-state index in [0.29, 0.717) is 5.56 Å². The van der Waals surface area contributed by atoms with Crippen LogP contribution in [0.1, 0.15) is 0 Å². The van der Waals surface area contributed by atoms with Crippen molar-refractivity contribution in [3.63, 3.8) is 0 Å². The number of halogens is 1. The van der Waals surface area contributed by atoms with Crippen LogP contribution in [0.4, 0.5) is 4.39 Å². The molecule has 0 amide bonds. The first-order valence-corrected chi connectivity index (χ1v) is 4.43. The van der Waals surface area contributed by atoms with Crippen molar-refractivity contribution in [2.24, 2.45) is 0 Å². The van der Waals surface area contributed by atoms with E-state index in [4.69, 9.17) is 4.74 Å². The number of hydrogen-bond acceptors (Lipinski definition) is 3. The number of ether oxygens (including phenoxy) is 1. The molecule has 1 heterocycles. The van der Waals surface area contributed by atoms with Gasteiger partial charge >= 0.3 is 0 Å². The smallest absolute Gasteiger partial charge is 0.241 e. The Labute approximate surface area is 86.5 Å². The van der Waals surface area contributed by atoms with Gasteiger partial charge in [0.1, 0.15) is 5.75 Å². The molecular weight excluding hydrogens is 195 g/mol. The van der Waals surface area contributed by atoms with Crippen LogP contribution >= 0.6 is 0 Å². The lowest BCUT2D eigenvalue weighted by Crippen LogP contribution is -1.91. The first-order valence-electron chi connectivity index (χ1n) is 4.43. The molecule has 0 bridgehead atoms. The molecular formula is C11H9FN2O. The normalized spacial score (nSPS) is 10.0. The summed E-state index contributed by atoms with van der Waals surface area (Å²) in [5.41, 5.74) is 1.19. The monoisotopic (exact) mass is 204 g/mol. The second kappa shape index (κ2) is 4.04. The third-order valence-corrected chi connectivity index (χ3v) is 2.08. The van der Waals surface area contributed by atoms with E-state index in [0.717, 1.165) is 11.3 Å². The molecule has 3 nitrogen and oxygen atoms in total. The second-order valence-corrected chi connectivity index (χ2v) is 2.96. The summed E-state index contributed by atoms with van der Waals surface area (Å²) in [6, 6.07) is 8.69. The zero-order chi connectivity index (χ0) is 10.7. The topological polar surface area (TPSA) is 35.0 Å². The van der Waals surface area contributed by atoms with E-state index < -0.39 is 5.95 Å². The minimum Gasteiger partial charge on any atom is -0.497 e. The molecule has 0 aliphatic rings. The van der Waals surface area contributed by atoms with Gasteiger partial charge < -0.3 is 4.74 Å². The molecule has 0 saturated heterocycles. The van der Waals surface area contributed by atoms with Crippen LogP contribution < -0.4 is 4.74 Å². The van der Waals surface area contributed by atoms with E-state index in [1.165, 1.54) is 6.20 Å². The van der Waals surface area contributed by atoms with Gasteiger partial charge in [-0.05, 0) is 23.8 Å². The highest BCUT2D eigenvalue weighted by atomic mass is 19.1. The average Bonchev–Trinajstić information content (AvgIpc) is 2.30. The van der Waals surface area contributed by atoms with Crippen molar-refractivity contribution >= 4 is 0 Å². The van der Waals surface area contributed by atoms with Crippen LogP contribution in [-0.4, -0.2) is 17.3 Å². The first kappa shape index (κ1) is 9.58. The molecule has 0 atom stereocenters. The first-order chi connectivity index (χ1) is 7.31. The molecule has 15 heavy (non-hydrogen) atoms. The van der Waals surface area contributed by atoms with Gasteiger partial charge in [-0.1, -0.05) is 12.1 Å². The number of benzene rings is 1. The van der Waals surface area contributed by atoms with Crippen molar-refractivity contribution < 1.29 is 9.13 Å². The third-order valence-electron chi connectivity index (χ3n) is 2.08. The summed E-state index contributed by atoms with van der Waals surface area (Å²) in [5.74, 6) is 0.170. The Balaban J connectivity index is 2.42. The van der Waals surface area contributed by atoms with Crippen LogP contribution in [0.5, 0.6) is 5.75 Å². The molecule has 76 valence electrons. The van der Waals surface area contributed by atoms with E-state index in [1.807, 2.05) is 0 Å². The lowest BCUT2D eigenvalue weighted by Gasteiger charge is -2.03. The van der Waals surface area contributed by atoms with Crippen molar-refractivity contribution in [3.8, 4) is 16.9 Å². The Bertz CT molecular complexity index is 456. The Hall–Kier alpha value is -1.97. The molecule has 0 aliphatic heterocycles. The van der Waals surface area contributed by atoms with E-state index in [-0.39, 0.29) is 0 Å². The van der Waals surface area contributed by atoms with Crippen LogP contribution in [0.3, 0.4) is 0 Å².